The first-order valence-corrected chi connectivity index (χ1v) is 5.07. The van der Waals surface area contributed by atoms with Crippen molar-refractivity contribution in [1.29, 1.82) is 0 Å². The summed E-state index contributed by atoms with van der Waals surface area (Å²) in [6.07, 6.45) is 1.76. The first kappa shape index (κ1) is 8.56. The number of thioether (sulfide) groups is 1. The molecule has 0 spiro atoms. The molecule has 2 heterocycles. The fraction of sp³-hybridized carbons (Fsp3) is 0.333. The average molecular weight is 194 g/mol. The molecule has 0 aliphatic carbocycles. The van der Waals surface area contributed by atoms with Crippen LogP contribution in [0.25, 0.3) is 0 Å². The summed E-state index contributed by atoms with van der Waals surface area (Å²) < 4.78 is 5.20. The third-order valence-corrected chi connectivity index (χ3v) is 2.76. The quantitative estimate of drug-likeness (QED) is 0.717. The van der Waals surface area contributed by atoms with Gasteiger partial charge >= 0.3 is 0 Å². The van der Waals surface area contributed by atoms with Gasteiger partial charge in [0.25, 0.3) is 0 Å². The zero-order chi connectivity index (χ0) is 9.10. The molecule has 13 heavy (non-hydrogen) atoms. The van der Waals surface area contributed by atoms with E-state index in [2.05, 4.69) is 9.98 Å². The maximum absolute atomic E-state index is 5.20. The summed E-state index contributed by atoms with van der Waals surface area (Å²) in [6, 6.07) is 3.77. The summed E-state index contributed by atoms with van der Waals surface area (Å²) in [5.74, 6) is 1.85. The van der Waals surface area contributed by atoms with E-state index in [0.717, 1.165) is 28.8 Å². The fourth-order valence-electron chi connectivity index (χ4n) is 1.19. The number of hydrogen-bond acceptors (Lipinski definition) is 4. The summed E-state index contributed by atoms with van der Waals surface area (Å²) >= 11 is 1.73. The first-order valence-electron chi connectivity index (χ1n) is 4.08. The predicted octanol–water partition coefficient (Wildman–Crippen LogP) is 1.58. The Morgan fingerprint density at radius 3 is 3.15 bits per heavy atom. The zero-order valence-corrected chi connectivity index (χ0v) is 8.17. The second kappa shape index (κ2) is 3.79. The van der Waals surface area contributed by atoms with E-state index >= 15 is 0 Å². The number of aliphatic imine (C=N–C) groups is 1. The van der Waals surface area contributed by atoms with Crippen LogP contribution in [-0.4, -0.2) is 29.4 Å². The van der Waals surface area contributed by atoms with Gasteiger partial charge in [-0.3, -0.25) is 9.98 Å². The third kappa shape index (κ3) is 1.67. The standard InChI is InChI=1S/C9H10N2OS/c1-12-7-3-2-4-10-8(7)9-11-5-6-13-9/h2-4H,5-6H2,1H3. The van der Waals surface area contributed by atoms with Crippen molar-refractivity contribution in [3.05, 3.63) is 24.0 Å². The van der Waals surface area contributed by atoms with E-state index in [1.807, 2.05) is 12.1 Å². The van der Waals surface area contributed by atoms with E-state index in [9.17, 15) is 0 Å². The van der Waals surface area contributed by atoms with Crippen LogP contribution in [0.4, 0.5) is 0 Å². The molecule has 0 saturated heterocycles. The van der Waals surface area contributed by atoms with Crippen molar-refractivity contribution in [1.82, 2.24) is 4.98 Å². The highest BCUT2D eigenvalue weighted by atomic mass is 32.2. The molecule has 3 nitrogen and oxygen atoms in total. The Morgan fingerprint density at radius 2 is 2.46 bits per heavy atom. The van der Waals surface area contributed by atoms with E-state index in [4.69, 9.17) is 4.74 Å². The van der Waals surface area contributed by atoms with Crippen molar-refractivity contribution in [3.8, 4) is 5.75 Å². The molecule has 0 radical (unpaired) electrons. The zero-order valence-electron chi connectivity index (χ0n) is 7.36. The van der Waals surface area contributed by atoms with Crippen molar-refractivity contribution < 1.29 is 4.74 Å². The van der Waals surface area contributed by atoms with Crippen LogP contribution < -0.4 is 4.74 Å². The maximum Gasteiger partial charge on any atom is 0.147 e. The molecule has 0 bridgehead atoms. The minimum absolute atomic E-state index is 0.802. The van der Waals surface area contributed by atoms with Gasteiger partial charge in [0.2, 0.25) is 0 Å². The molecule has 2 rings (SSSR count). The second-order valence-corrected chi connectivity index (χ2v) is 3.67. The van der Waals surface area contributed by atoms with Crippen molar-refractivity contribution in [3.63, 3.8) is 0 Å². The topological polar surface area (TPSA) is 34.5 Å². The van der Waals surface area contributed by atoms with Gasteiger partial charge in [-0.2, -0.15) is 0 Å². The highest BCUT2D eigenvalue weighted by Gasteiger charge is 2.14. The Bertz CT molecular complexity index is 338. The van der Waals surface area contributed by atoms with Crippen molar-refractivity contribution in [2.45, 2.75) is 0 Å². The van der Waals surface area contributed by atoms with Crippen LogP contribution in [0.15, 0.2) is 23.3 Å². The molecular weight excluding hydrogens is 184 g/mol. The molecule has 4 heteroatoms. The lowest BCUT2D eigenvalue weighted by Gasteiger charge is -2.04. The van der Waals surface area contributed by atoms with Crippen LogP contribution >= 0.6 is 11.8 Å². The third-order valence-electron chi connectivity index (χ3n) is 1.78. The van der Waals surface area contributed by atoms with Crippen LogP contribution in [0.3, 0.4) is 0 Å². The molecule has 1 aliphatic rings. The average Bonchev–Trinajstić information content (AvgIpc) is 2.70. The molecule has 0 unspecified atom stereocenters. The van der Waals surface area contributed by atoms with Crippen LogP contribution in [0.2, 0.25) is 0 Å². The monoisotopic (exact) mass is 194 g/mol. The number of pyridine rings is 1. The Balaban J connectivity index is 2.38. The van der Waals surface area contributed by atoms with Gasteiger partial charge in [0.1, 0.15) is 16.5 Å². The largest absolute Gasteiger partial charge is 0.494 e. The SMILES string of the molecule is COc1cccnc1C1=NCCS1. The van der Waals surface area contributed by atoms with Crippen LogP contribution in [0, 0.1) is 0 Å². The highest BCUT2D eigenvalue weighted by Crippen LogP contribution is 2.24. The van der Waals surface area contributed by atoms with Gasteiger partial charge in [-0.05, 0) is 12.1 Å². The molecule has 68 valence electrons. The summed E-state index contributed by atoms with van der Waals surface area (Å²) in [5, 5.41) is 0.998. The predicted molar refractivity (Wildman–Crippen MR) is 54.7 cm³/mol. The van der Waals surface area contributed by atoms with E-state index in [1.54, 1.807) is 25.1 Å². The Kier molecular flexibility index (Phi) is 2.49. The summed E-state index contributed by atoms with van der Waals surface area (Å²) in [4.78, 5) is 8.61. The number of rotatable bonds is 2. The summed E-state index contributed by atoms with van der Waals surface area (Å²) in [6.45, 7) is 0.889. The van der Waals surface area contributed by atoms with E-state index < -0.39 is 0 Å². The van der Waals surface area contributed by atoms with Gasteiger partial charge < -0.3 is 4.74 Å². The number of ether oxygens (including phenoxy) is 1. The molecular formula is C9H10N2OS. The van der Waals surface area contributed by atoms with Crippen molar-refractivity contribution in [2.24, 2.45) is 4.99 Å². The number of hydrogen-bond donors (Lipinski definition) is 0. The van der Waals surface area contributed by atoms with Gasteiger partial charge in [0.05, 0.1) is 7.11 Å². The maximum atomic E-state index is 5.20. The number of methoxy groups -OCH3 is 1. The minimum atomic E-state index is 0.802. The molecule has 1 aromatic heterocycles. The number of nitrogens with zero attached hydrogens (tertiary/aromatic N) is 2. The van der Waals surface area contributed by atoms with Gasteiger partial charge in [-0.1, -0.05) is 0 Å². The van der Waals surface area contributed by atoms with Crippen LogP contribution in [0.1, 0.15) is 5.69 Å². The minimum Gasteiger partial charge on any atom is -0.494 e. The molecule has 0 fully saturated rings. The van der Waals surface area contributed by atoms with Gasteiger partial charge in [0, 0.05) is 18.5 Å². The van der Waals surface area contributed by atoms with E-state index in [0.29, 0.717) is 0 Å². The Labute approximate surface area is 81.2 Å². The van der Waals surface area contributed by atoms with Crippen molar-refractivity contribution in [2.75, 3.05) is 19.4 Å². The fourth-order valence-corrected chi connectivity index (χ4v) is 2.04. The van der Waals surface area contributed by atoms with E-state index in [-0.39, 0.29) is 0 Å². The smallest absolute Gasteiger partial charge is 0.147 e. The lowest BCUT2D eigenvalue weighted by atomic mass is 10.3. The highest BCUT2D eigenvalue weighted by molar-refractivity contribution is 8.14. The Hall–Kier alpha value is -1.03. The summed E-state index contributed by atoms with van der Waals surface area (Å²) in [5.41, 5.74) is 0.868. The molecule has 0 aromatic carbocycles. The molecule has 0 N–H and O–H groups in total. The lowest BCUT2D eigenvalue weighted by molar-refractivity contribution is 0.412. The second-order valence-electron chi connectivity index (χ2n) is 2.59. The van der Waals surface area contributed by atoms with Gasteiger partial charge in [0.15, 0.2) is 0 Å². The summed E-state index contributed by atoms with van der Waals surface area (Å²) in [7, 11) is 1.65. The molecule has 1 aliphatic heterocycles. The molecule has 0 saturated carbocycles. The molecule has 0 amide bonds. The van der Waals surface area contributed by atoms with Crippen molar-refractivity contribution >= 4 is 16.8 Å². The normalized spacial score (nSPS) is 15.6. The van der Waals surface area contributed by atoms with Crippen LogP contribution in [-0.2, 0) is 0 Å². The van der Waals surface area contributed by atoms with Crippen LogP contribution in [0.5, 0.6) is 5.75 Å². The van der Waals surface area contributed by atoms with Gasteiger partial charge in [-0.25, -0.2) is 0 Å². The number of aromatic nitrogens is 1. The lowest BCUT2D eigenvalue weighted by Crippen LogP contribution is -1.99. The Morgan fingerprint density at radius 1 is 1.54 bits per heavy atom. The first-order chi connectivity index (χ1) is 6.42. The van der Waals surface area contributed by atoms with E-state index in [1.165, 1.54) is 0 Å². The van der Waals surface area contributed by atoms with Gasteiger partial charge in [-0.15, -0.1) is 11.8 Å². The molecule has 1 aromatic rings. The molecule has 0 atom stereocenters.